The maximum atomic E-state index is 10.2. The highest BCUT2D eigenvalue weighted by Crippen LogP contribution is 2.34. The fraction of sp³-hybridized carbons (Fsp3) is 0.833. The summed E-state index contributed by atoms with van der Waals surface area (Å²) >= 11 is 0. The van der Waals surface area contributed by atoms with Crippen LogP contribution in [0.15, 0.2) is 0 Å². The third-order valence-corrected chi connectivity index (χ3v) is 1.38. The van der Waals surface area contributed by atoms with Crippen molar-refractivity contribution in [3.8, 4) is 0 Å². The molecular weight excluding hydrogens is 134 g/mol. The van der Waals surface area contributed by atoms with E-state index < -0.39 is 5.60 Å². The molecule has 10 heavy (non-hydrogen) atoms. The summed E-state index contributed by atoms with van der Waals surface area (Å²) in [5, 5.41) is 9.17. The highest BCUT2D eigenvalue weighted by Gasteiger charge is 2.40. The van der Waals surface area contributed by atoms with Crippen LogP contribution in [0.25, 0.3) is 0 Å². The van der Waals surface area contributed by atoms with E-state index in [1.807, 2.05) is 0 Å². The summed E-state index contributed by atoms with van der Waals surface area (Å²) in [5.74, 6) is -0.246. The molecule has 0 spiro atoms. The molecule has 0 saturated heterocycles. The number of aliphatic hydroxyl groups is 1. The highest BCUT2D eigenvalue weighted by atomic mass is 16.7. The van der Waals surface area contributed by atoms with Crippen LogP contribution in [0.3, 0.4) is 0 Å². The van der Waals surface area contributed by atoms with E-state index in [0.29, 0.717) is 0 Å². The topological polar surface area (TPSA) is 58.6 Å². The molecule has 4 heteroatoms. The van der Waals surface area contributed by atoms with Crippen molar-refractivity contribution in [3.05, 3.63) is 0 Å². The van der Waals surface area contributed by atoms with Gasteiger partial charge in [-0.15, -0.1) is 0 Å². The number of hydrogen-bond acceptors (Lipinski definition) is 3. The lowest BCUT2D eigenvalue weighted by Crippen LogP contribution is -2.27. The van der Waals surface area contributed by atoms with Crippen LogP contribution < -0.4 is 5.48 Å². The first-order chi connectivity index (χ1) is 4.62. The van der Waals surface area contributed by atoms with Crippen molar-refractivity contribution in [2.24, 2.45) is 0 Å². The smallest absolute Gasteiger partial charge is 0.240 e. The average Bonchev–Trinajstić information content (AvgIpc) is 2.47. The van der Waals surface area contributed by atoms with Crippen LogP contribution >= 0.6 is 0 Å². The zero-order valence-corrected chi connectivity index (χ0v) is 5.89. The lowest BCUT2D eigenvalue weighted by Gasteiger charge is -2.06. The maximum Gasteiger partial charge on any atom is 0.240 e. The average molecular weight is 145 g/mol. The van der Waals surface area contributed by atoms with Gasteiger partial charge in [0.2, 0.25) is 5.91 Å². The molecule has 0 atom stereocenters. The molecule has 0 aromatic heterocycles. The molecule has 1 rings (SSSR count). The Bertz CT molecular complexity index is 142. The molecule has 0 aromatic rings. The van der Waals surface area contributed by atoms with Gasteiger partial charge in [-0.25, -0.2) is 5.48 Å². The third-order valence-electron chi connectivity index (χ3n) is 1.38. The van der Waals surface area contributed by atoms with Gasteiger partial charge in [-0.05, 0) is 12.8 Å². The van der Waals surface area contributed by atoms with E-state index in [4.69, 9.17) is 5.11 Å². The molecule has 0 aromatic carbocycles. The van der Waals surface area contributed by atoms with Crippen LogP contribution in [-0.2, 0) is 9.63 Å². The number of rotatable bonds is 3. The summed E-state index contributed by atoms with van der Waals surface area (Å²) < 4.78 is 0. The molecule has 1 amide bonds. The summed E-state index contributed by atoms with van der Waals surface area (Å²) in [4.78, 5) is 14.9. The maximum absolute atomic E-state index is 10.2. The van der Waals surface area contributed by atoms with E-state index in [1.54, 1.807) is 0 Å². The Morgan fingerprint density at radius 1 is 1.80 bits per heavy atom. The molecule has 0 aliphatic heterocycles. The SMILES string of the molecule is CC(=O)NOCC1(O)CC1. The van der Waals surface area contributed by atoms with Crippen molar-refractivity contribution >= 4 is 5.91 Å². The Kier molecular flexibility index (Phi) is 1.92. The summed E-state index contributed by atoms with van der Waals surface area (Å²) in [7, 11) is 0. The largest absolute Gasteiger partial charge is 0.387 e. The minimum atomic E-state index is -0.650. The molecule has 4 nitrogen and oxygen atoms in total. The zero-order valence-electron chi connectivity index (χ0n) is 5.89. The van der Waals surface area contributed by atoms with E-state index in [-0.39, 0.29) is 12.5 Å². The number of hydrogen-bond donors (Lipinski definition) is 2. The van der Waals surface area contributed by atoms with Gasteiger partial charge in [0.05, 0.1) is 5.60 Å². The summed E-state index contributed by atoms with van der Waals surface area (Å²) in [5.41, 5.74) is 1.49. The van der Waals surface area contributed by atoms with Crippen molar-refractivity contribution in [1.82, 2.24) is 5.48 Å². The van der Waals surface area contributed by atoms with Crippen molar-refractivity contribution in [3.63, 3.8) is 0 Å². The number of amides is 1. The van der Waals surface area contributed by atoms with Gasteiger partial charge in [0.25, 0.3) is 0 Å². The van der Waals surface area contributed by atoms with E-state index in [9.17, 15) is 4.79 Å². The van der Waals surface area contributed by atoms with Gasteiger partial charge < -0.3 is 5.11 Å². The second kappa shape index (κ2) is 2.56. The number of hydroxylamine groups is 1. The van der Waals surface area contributed by atoms with Crippen LogP contribution in [0.5, 0.6) is 0 Å². The Morgan fingerprint density at radius 3 is 2.80 bits per heavy atom. The fourth-order valence-corrected chi connectivity index (χ4v) is 0.561. The van der Waals surface area contributed by atoms with Gasteiger partial charge in [0, 0.05) is 6.92 Å². The first-order valence-corrected chi connectivity index (χ1v) is 3.23. The predicted octanol–water partition coefficient (Wildman–Crippen LogP) is -0.421. The molecule has 1 saturated carbocycles. The lowest BCUT2D eigenvalue weighted by atomic mass is 10.4. The molecule has 1 aliphatic carbocycles. The quantitative estimate of drug-likeness (QED) is 0.530. The second-order valence-electron chi connectivity index (χ2n) is 2.67. The van der Waals surface area contributed by atoms with Crippen molar-refractivity contribution in [1.29, 1.82) is 0 Å². The molecule has 1 aliphatic rings. The van der Waals surface area contributed by atoms with Gasteiger partial charge in [0.1, 0.15) is 6.61 Å². The van der Waals surface area contributed by atoms with Gasteiger partial charge >= 0.3 is 0 Å². The van der Waals surface area contributed by atoms with Crippen LogP contribution in [0.4, 0.5) is 0 Å². The van der Waals surface area contributed by atoms with Crippen molar-refractivity contribution < 1.29 is 14.7 Å². The van der Waals surface area contributed by atoms with E-state index in [0.717, 1.165) is 12.8 Å². The van der Waals surface area contributed by atoms with Gasteiger partial charge in [-0.1, -0.05) is 0 Å². The van der Waals surface area contributed by atoms with Gasteiger partial charge in [-0.2, -0.15) is 0 Å². The molecule has 0 bridgehead atoms. The normalized spacial score (nSPS) is 20.2. The highest BCUT2D eigenvalue weighted by molar-refractivity contribution is 5.71. The Balaban J connectivity index is 2.00. The standard InChI is InChI=1S/C6H11NO3/c1-5(8)7-10-4-6(9)2-3-6/h9H,2-4H2,1H3,(H,7,8). The van der Waals surface area contributed by atoms with E-state index >= 15 is 0 Å². The predicted molar refractivity (Wildman–Crippen MR) is 34.0 cm³/mol. The molecule has 2 N–H and O–H groups in total. The molecule has 1 fully saturated rings. The van der Waals surface area contributed by atoms with E-state index in [2.05, 4.69) is 10.3 Å². The Hall–Kier alpha value is -0.610. The fourth-order valence-electron chi connectivity index (χ4n) is 0.561. The number of carbonyl (C=O) groups is 1. The molecule has 0 radical (unpaired) electrons. The summed E-state index contributed by atoms with van der Waals surface area (Å²) in [6, 6.07) is 0. The monoisotopic (exact) mass is 145 g/mol. The Labute approximate surface area is 59.1 Å². The van der Waals surface area contributed by atoms with Gasteiger partial charge in [0.15, 0.2) is 0 Å². The molecule has 0 unspecified atom stereocenters. The Morgan fingerprint density at radius 2 is 2.40 bits per heavy atom. The first-order valence-electron chi connectivity index (χ1n) is 3.23. The van der Waals surface area contributed by atoms with Crippen LogP contribution in [0.2, 0.25) is 0 Å². The second-order valence-corrected chi connectivity index (χ2v) is 2.67. The van der Waals surface area contributed by atoms with Crippen LogP contribution in [-0.4, -0.2) is 23.2 Å². The van der Waals surface area contributed by atoms with Crippen LogP contribution in [0.1, 0.15) is 19.8 Å². The number of carbonyl (C=O) groups excluding carboxylic acids is 1. The van der Waals surface area contributed by atoms with E-state index in [1.165, 1.54) is 6.92 Å². The summed E-state index contributed by atoms with van der Waals surface area (Å²) in [6.07, 6.45) is 1.54. The minimum Gasteiger partial charge on any atom is -0.387 e. The minimum absolute atomic E-state index is 0.201. The lowest BCUT2D eigenvalue weighted by molar-refractivity contribution is -0.134. The molecule has 0 heterocycles. The zero-order chi connectivity index (χ0) is 7.61. The summed E-state index contributed by atoms with van der Waals surface area (Å²) in [6.45, 7) is 1.56. The molecular formula is C6H11NO3. The first kappa shape index (κ1) is 7.50. The third kappa shape index (κ3) is 2.33. The van der Waals surface area contributed by atoms with Crippen molar-refractivity contribution in [2.45, 2.75) is 25.4 Å². The van der Waals surface area contributed by atoms with Crippen LogP contribution in [0, 0.1) is 0 Å². The molecule has 58 valence electrons. The number of nitrogens with one attached hydrogen (secondary N) is 1. The van der Waals surface area contributed by atoms with Gasteiger partial charge in [-0.3, -0.25) is 9.63 Å². The van der Waals surface area contributed by atoms with Crippen molar-refractivity contribution in [2.75, 3.05) is 6.61 Å².